The monoisotopic (exact) mass is 303 g/mol. The Morgan fingerprint density at radius 2 is 1.87 bits per heavy atom. The normalized spacial score (nSPS) is 12.3. The van der Waals surface area contributed by atoms with Gasteiger partial charge in [0.1, 0.15) is 0 Å². The highest BCUT2D eigenvalue weighted by Crippen LogP contribution is 2.30. The molecule has 4 aromatic rings. The van der Waals surface area contributed by atoms with E-state index in [1.807, 2.05) is 49.4 Å². The molecule has 1 heterocycles. The Balaban J connectivity index is 2.06. The van der Waals surface area contributed by atoms with Crippen LogP contribution in [-0.2, 0) is 0 Å². The van der Waals surface area contributed by atoms with Gasteiger partial charge in [-0.15, -0.1) is 4.48 Å². The van der Waals surface area contributed by atoms with Gasteiger partial charge in [-0.3, -0.25) is 0 Å². The van der Waals surface area contributed by atoms with Crippen molar-refractivity contribution < 1.29 is 9.22 Å². The third-order valence-electron chi connectivity index (χ3n) is 3.91. The predicted octanol–water partition coefficient (Wildman–Crippen LogP) is 4.03. The molecule has 0 aliphatic heterocycles. The summed E-state index contributed by atoms with van der Waals surface area (Å²) in [6, 6.07) is 18.2. The van der Waals surface area contributed by atoms with Crippen molar-refractivity contribution in [3.8, 4) is 5.75 Å². The molecular formula is C19H17N3O. The average Bonchev–Trinajstić information content (AvgIpc) is 2.93. The highest BCUT2D eigenvalue weighted by Gasteiger charge is 2.16. The predicted molar refractivity (Wildman–Crippen MR) is 90.4 cm³/mol. The molecule has 4 rings (SSSR count). The van der Waals surface area contributed by atoms with Crippen LogP contribution < -0.4 is 14.3 Å². The fourth-order valence-corrected chi connectivity index (χ4v) is 2.82. The fraction of sp³-hybridized carbons (Fsp3) is 0.158. The molecule has 1 aromatic heterocycles. The van der Waals surface area contributed by atoms with E-state index in [-0.39, 0.29) is 0 Å². The molecule has 4 nitrogen and oxygen atoms in total. The van der Waals surface area contributed by atoms with Gasteiger partial charge in [-0.25, -0.2) is 0 Å². The first-order valence-corrected chi connectivity index (χ1v) is 7.75. The fourth-order valence-electron chi connectivity index (χ4n) is 2.82. The third kappa shape index (κ3) is 2.32. The lowest BCUT2D eigenvalue weighted by Crippen LogP contribution is -2.20. The Hall–Kier alpha value is -2.88. The van der Waals surface area contributed by atoms with E-state index in [9.17, 15) is 0 Å². The third-order valence-corrected chi connectivity index (χ3v) is 3.91. The quantitative estimate of drug-likeness (QED) is 0.536. The van der Waals surface area contributed by atoms with Crippen molar-refractivity contribution in [3.63, 3.8) is 0 Å². The van der Waals surface area contributed by atoms with Gasteiger partial charge in [0, 0.05) is 11.2 Å². The molecule has 0 amide bonds. The van der Waals surface area contributed by atoms with E-state index in [0.29, 0.717) is 6.61 Å². The zero-order valence-electron chi connectivity index (χ0n) is 13.2. The summed E-state index contributed by atoms with van der Waals surface area (Å²) in [4.78, 5) is 0. The summed E-state index contributed by atoms with van der Waals surface area (Å²) in [5.41, 5.74) is 3.92. The Morgan fingerprint density at radius 3 is 2.65 bits per heavy atom. The second-order valence-corrected chi connectivity index (χ2v) is 5.55. The summed E-state index contributed by atoms with van der Waals surface area (Å²) in [5.74, 6) is 0.810. The molecule has 3 aromatic carbocycles. The maximum Gasteiger partial charge on any atom is 0.276 e. The van der Waals surface area contributed by atoms with Crippen molar-refractivity contribution >= 4 is 27.5 Å². The number of nitrogens with zero attached hydrogens (tertiary/aromatic N) is 3. The Bertz CT molecular complexity index is 1030. The first-order chi connectivity index (χ1) is 11.3. The molecule has 0 aliphatic rings. The molecule has 0 saturated carbocycles. The van der Waals surface area contributed by atoms with Gasteiger partial charge in [0.25, 0.3) is 5.52 Å². The van der Waals surface area contributed by atoms with Crippen molar-refractivity contribution in [1.82, 2.24) is 5.10 Å². The minimum atomic E-state index is 0.610. The van der Waals surface area contributed by atoms with E-state index in [1.165, 1.54) is 5.56 Å². The van der Waals surface area contributed by atoms with E-state index >= 15 is 0 Å². The van der Waals surface area contributed by atoms with Crippen LogP contribution in [-0.4, -0.2) is 6.61 Å². The van der Waals surface area contributed by atoms with Crippen LogP contribution in [0.15, 0.2) is 59.7 Å². The number of hydrogen-bond acceptors (Lipinski definition) is 2. The van der Waals surface area contributed by atoms with Crippen LogP contribution in [0.3, 0.4) is 0 Å². The highest BCUT2D eigenvalue weighted by atomic mass is 16.5. The second-order valence-electron chi connectivity index (χ2n) is 5.55. The van der Waals surface area contributed by atoms with Gasteiger partial charge in [-0.1, -0.05) is 54.1 Å². The Morgan fingerprint density at radius 1 is 1.04 bits per heavy atom. The zero-order valence-corrected chi connectivity index (χ0v) is 13.2. The van der Waals surface area contributed by atoms with Crippen LogP contribution >= 0.6 is 0 Å². The topological polar surface area (TPSA) is 41.6 Å². The van der Waals surface area contributed by atoms with E-state index in [2.05, 4.69) is 29.3 Å². The lowest BCUT2D eigenvalue weighted by atomic mass is 10.1. The molecule has 0 aliphatic carbocycles. The van der Waals surface area contributed by atoms with Crippen molar-refractivity contribution in [2.75, 3.05) is 6.61 Å². The number of hydrogen-bond donors (Lipinski definition) is 0. The van der Waals surface area contributed by atoms with Gasteiger partial charge in [0.15, 0.2) is 5.75 Å². The summed E-state index contributed by atoms with van der Waals surface area (Å²) in [6.07, 6.45) is 0. The molecule has 23 heavy (non-hydrogen) atoms. The number of aromatic nitrogens is 2. The lowest BCUT2D eigenvalue weighted by molar-refractivity contribution is -0.581. The Labute approximate surface area is 134 Å². The lowest BCUT2D eigenvalue weighted by Gasteiger charge is -2.03. The number of benzene rings is 3. The molecule has 4 heteroatoms. The molecular weight excluding hydrogens is 286 g/mol. The van der Waals surface area contributed by atoms with E-state index in [4.69, 9.17) is 4.74 Å². The molecule has 0 fully saturated rings. The minimum absolute atomic E-state index is 0.610. The summed E-state index contributed by atoms with van der Waals surface area (Å²) in [6.45, 7) is 4.66. The standard InChI is InChI=1S/C19H17N3O/c1-3-23-17-12-9-14-5-4-6-16-18(14)19(17)22(21-16)20-15-10-7-13(2)8-11-15/h4-12H,3H2,1-2H3. The molecule has 114 valence electrons. The number of aryl methyl sites for hydroxylation is 1. The second kappa shape index (κ2) is 5.39. The molecule has 0 radical (unpaired) electrons. The summed E-state index contributed by atoms with van der Waals surface area (Å²) in [5, 5.41) is 11.5. The van der Waals surface area contributed by atoms with Crippen molar-refractivity contribution in [2.24, 2.45) is 5.11 Å². The van der Waals surface area contributed by atoms with Crippen LogP contribution in [0.25, 0.3) is 21.8 Å². The first kappa shape index (κ1) is 13.8. The first-order valence-electron chi connectivity index (χ1n) is 7.75. The Kier molecular flexibility index (Phi) is 3.23. The average molecular weight is 303 g/mol. The van der Waals surface area contributed by atoms with Crippen LogP contribution in [0.5, 0.6) is 5.75 Å². The van der Waals surface area contributed by atoms with Crippen LogP contribution in [0.4, 0.5) is 5.69 Å². The molecule has 0 bridgehead atoms. The van der Waals surface area contributed by atoms with Crippen molar-refractivity contribution in [3.05, 3.63) is 60.2 Å². The maximum atomic E-state index is 5.79. The zero-order chi connectivity index (χ0) is 15.8. The molecule has 0 saturated heterocycles. The number of rotatable bonds is 3. The molecule has 0 unspecified atom stereocenters. The van der Waals surface area contributed by atoms with Crippen molar-refractivity contribution in [2.45, 2.75) is 13.8 Å². The molecule has 0 N–H and O–H groups in total. The van der Waals surface area contributed by atoms with Crippen LogP contribution in [0.2, 0.25) is 0 Å². The molecule has 0 atom stereocenters. The van der Waals surface area contributed by atoms with Crippen LogP contribution in [0, 0.1) is 6.92 Å². The van der Waals surface area contributed by atoms with Gasteiger partial charge in [0.05, 0.1) is 12.0 Å². The number of ether oxygens (including phenoxy) is 1. The molecule has 0 spiro atoms. The van der Waals surface area contributed by atoms with Crippen LogP contribution in [0.1, 0.15) is 12.5 Å². The van der Waals surface area contributed by atoms with Gasteiger partial charge >= 0.3 is 0 Å². The van der Waals surface area contributed by atoms with Gasteiger partial charge in [-0.05, 0) is 25.3 Å². The summed E-state index contributed by atoms with van der Waals surface area (Å²) < 4.78 is 7.48. The van der Waals surface area contributed by atoms with Gasteiger partial charge < -0.3 is 4.74 Å². The van der Waals surface area contributed by atoms with E-state index < -0.39 is 0 Å². The van der Waals surface area contributed by atoms with E-state index in [0.717, 1.165) is 33.2 Å². The highest BCUT2D eigenvalue weighted by molar-refractivity contribution is 6.07. The SMILES string of the molecule is CCOc1ccc2cccc3[n-][n+](=Nc4ccc(C)cc4)c1c23. The summed E-state index contributed by atoms with van der Waals surface area (Å²) >= 11 is 0. The van der Waals surface area contributed by atoms with Gasteiger partial charge in [0.2, 0.25) is 0 Å². The van der Waals surface area contributed by atoms with Crippen molar-refractivity contribution in [1.29, 1.82) is 0 Å². The smallest absolute Gasteiger partial charge is 0.276 e. The minimum Gasteiger partial charge on any atom is -0.487 e. The van der Waals surface area contributed by atoms with Gasteiger partial charge in [-0.2, -0.15) is 10.2 Å². The van der Waals surface area contributed by atoms with E-state index in [1.54, 1.807) is 4.48 Å². The largest absolute Gasteiger partial charge is 0.487 e. The summed E-state index contributed by atoms with van der Waals surface area (Å²) in [7, 11) is 0. The maximum absolute atomic E-state index is 5.79.